The third-order valence-corrected chi connectivity index (χ3v) is 5.79. The van der Waals surface area contributed by atoms with Gasteiger partial charge in [-0.3, -0.25) is 4.79 Å². The zero-order valence-corrected chi connectivity index (χ0v) is 17.8. The standard InChI is InChI=1S/C23H40NOS/c1-2-3-4-5-6-7-8-9-10-11-12-13-15-18-23(25)26-22-21-24-19-16-14-17-20-24/h14,16-17,19-20H,2-13,15,18,21-22H2,1H3/q+1. The van der Waals surface area contributed by atoms with Crippen LogP contribution in [0.4, 0.5) is 0 Å². The van der Waals surface area contributed by atoms with Gasteiger partial charge in [-0.1, -0.05) is 102 Å². The van der Waals surface area contributed by atoms with Crippen LogP contribution in [0.3, 0.4) is 0 Å². The van der Waals surface area contributed by atoms with E-state index in [9.17, 15) is 4.79 Å². The molecule has 0 N–H and O–H groups in total. The average molecular weight is 379 g/mol. The second-order valence-electron chi connectivity index (χ2n) is 7.33. The van der Waals surface area contributed by atoms with Gasteiger partial charge in [-0.15, -0.1) is 0 Å². The molecule has 0 aromatic carbocycles. The van der Waals surface area contributed by atoms with Gasteiger partial charge in [0.25, 0.3) is 0 Å². The van der Waals surface area contributed by atoms with E-state index < -0.39 is 0 Å². The maximum absolute atomic E-state index is 11.9. The second kappa shape index (κ2) is 17.6. The molecule has 0 spiro atoms. The van der Waals surface area contributed by atoms with Crippen LogP contribution in [0.2, 0.25) is 0 Å². The first-order valence-corrected chi connectivity index (χ1v) is 11.9. The number of thioether (sulfide) groups is 1. The molecule has 0 amide bonds. The average Bonchev–Trinajstić information content (AvgIpc) is 2.66. The molecule has 0 fully saturated rings. The highest BCUT2D eigenvalue weighted by molar-refractivity contribution is 8.13. The van der Waals surface area contributed by atoms with Gasteiger partial charge in [0.2, 0.25) is 0 Å². The minimum Gasteiger partial charge on any atom is -0.287 e. The molecule has 0 aliphatic heterocycles. The summed E-state index contributed by atoms with van der Waals surface area (Å²) in [6.45, 7) is 3.19. The van der Waals surface area contributed by atoms with Gasteiger partial charge in [0.15, 0.2) is 24.1 Å². The number of unbranched alkanes of at least 4 members (excludes halogenated alkanes) is 12. The molecule has 3 heteroatoms. The zero-order valence-electron chi connectivity index (χ0n) is 17.0. The van der Waals surface area contributed by atoms with Crippen molar-refractivity contribution in [2.45, 2.75) is 103 Å². The molecule has 0 aliphatic carbocycles. The molecule has 1 rings (SSSR count). The zero-order chi connectivity index (χ0) is 18.7. The summed E-state index contributed by atoms with van der Waals surface area (Å²) in [5.41, 5.74) is 0. The van der Waals surface area contributed by atoms with E-state index in [1.165, 1.54) is 88.8 Å². The molecular weight excluding hydrogens is 338 g/mol. The molecule has 0 radical (unpaired) electrons. The topological polar surface area (TPSA) is 20.9 Å². The van der Waals surface area contributed by atoms with Crippen LogP contribution in [0.25, 0.3) is 0 Å². The Hall–Kier alpha value is -0.830. The summed E-state index contributed by atoms with van der Waals surface area (Å²) in [6, 6.07) is 6.07. The highest BCUT2D eigenvalue weighted by Gasteiger charge is 2.05. The van der Waals surface area contributed by atoms with E-state index in [0.29, 0.717) is 5.12 Å². The van der Waals surface area contributed by atoms with Crippen molar-refractivity contribution < 1.29 is 9.36 Å². The minimum absolute atomic E-state index is 0.365. The normalized spacial score (nSPS) is 11.0. The Kier molecular flexibility index (Phi) is 15.7. The Balaban J connectivity index is 1.79. The predicted molar refractivity (Wildman–Crippen MR) is 114 cm³/mol. The number of aryl methyl sites for hydroxylation is 1. The van der Waals surface area contributed by atoms with Gasteiger partial charge in [-0.25, -0.2) is 4.57 Å². The van der Waals surface area contributed by atoms with Crippen molar-refractivity contribution in [1.29, 1.82) is 0 Å². The van der Waals surface area contributed by atoms with E-state index in [4.69, 9.17) is 0 Å². The lowest BCUT2D eigenvalue weighted by atomic mass is 10.0. The number of hydrogen-bond donors (Lipinski definition) is 0. The SMILES string of the molecule is CCCCCCCCCCCCCCCC(=O)SCC[n+]1ccccc1. The fourth-order valence-corrected chi connectivity index (χ4v) is 4.03. The van der Waals surface area contributed by atoms with Crippen LogP contribution in [-0.4, -0.2) is 10.9 Å². The van der Waals surface area contributed by atoms with Crippen LogP contribution in [0, 0.1) is 0 Å². The fourth-order valence-electron chi connectivity index (χ4n) is 3.21. The Labute approximate surface area is 166 Å². The molecule has 0 bridgehead atoms. The van der Waals surface area contributed by atoms with E-state index in [1.54, 1.807) is 0 Å². The van der Waals surface area contributed by atoms with Crippen LogP contribution in [0.5, 0.6) is 0 Å². The predicted octanol–water partition coefficient (Wildman–Crippen LogP) is 6.72. The molecule has 1 aromatic heterocycles. The number of carbonyl (C=O) groups is 1. The number of aromatic nitrogens is 1. The van der Waals surface area contributed by atoms with Crippen LogP contribution in [-0.2, 0) is 11.3 Å². The highest BCUT2D eigenvalue weighted by Crippen LogP contribution is 2.14. The quantitative estimate of drug-likeness (QED) is 0.222. The highest BCUT2D eigenvalue weighted by atomic mass is 32.2. The molecule has 0 atom stereocenters. The maximum atomic E-state index is 11.9. The third-order valence-electron chi connectivity index (χ3n) is 4.87. The number of rotatable bonds is 17. The molecule has 1 heterocycles. The van der Waals surface area contributed by atoms with E-state index >= 15 is 0 Å². The Morgan fingerprint density at radius 3 is 1.77 bits per heavy atom. The van der Waals surface area contributed by atoms with Gasteiger partial charge in [-0.2, -0.15) is 0 Å². The molecule has 0 saturated carbocycles. The molecule has 2 nitrogen and oxygen atoms in total. The van der Waals surface area contributed by atoms with Gasteiger partial charge in [0, 0.05) is 18.6 Å². The molecule has 0 unspecified atom stereocenters. The Morgan fingerprint density at radius 2 is 1.23 bits per heavy atom. The van der Waals surface area contributed by atoms with E-state index in [1.807, 2.05) is 18.2 Å². The largest absolute Gasteiger partial charge is 0.287 e. The molecule has 0 aliphatic rings. The Bertz CT molecular complexity index is 435. The van der Waals surface area contributed by atoms with E-state index in [2.05, 4.69) is 23.9 Å². The minimum atomic E-state index is 0.365. The lowest BCUT2D eigenvalue weighted by molar-refractivity contribution is -0.692. The lowest BCUT2D eigenvalue weighted by Gasteiger charge is -2.03. The van der Waals surface area contributed by atoms with E-state index in [0.717, 1.165) is 25.1 Å². The summed E-state index contributed by atoms with van der Waals surface area (Å²) in [6.07, 6.45) is 22.5. The van der Waals surface area contributed by atoms with Crippen LogP contribution in [0.15, 0.2) is 30.6 Å². The van der Waals surface area contributed by atoms with Crippen molar-refractivity contribution in [1.82, 2.24) is 0 Å². The van der Waals surface area contributed by atoms with Crippen molar-refractivity contribution >= 4 is 16.9 Å². The number of hydrogen-bond acceptors (Lipinski definition) is 2. The monoisotopic (exact) mass is 378 g/mol. The van der Waals surface area contributed by atoms with Gasteiger partial charge in [0.05, 0.1) is 5.75 Å². The van der Waals surface area contributed by atoms with Crippen LogP contribution >= 0.6 is 11.8 Å². The van der Waals surface area contributed by atoms with Crippen LogP contribution in [0.1, 0.15) is 96.8 Å². The van der Waals surface area contributed by atoms with Crippen molar-refractivity contribution in [3.05, 3.63) is 30.6 Å². The van der Waals surface area contributed by atoms with Gasteiger partial charge in [0.1, 0.15) is 0 Å². The smallest absolute Gasteiger partial charge is 0.189 e. The number of carbonyl (C=O) groups excluding carboxylic acids is 1. The summed E-state index contributed by atoms with van der Waals surface area (Å²) in [5, 5.41) is 0.365. The third kappa shape index (κ3) is 14.4. The van der Waals surface area contributed by atoms with Crippen molar-refractivity contribution in [2.75, 3.05) is 5.75 Å². The van der Waals surface area contributed by atoms with Crippen molar-refractivity contribution in [3.63, 3.8) is 0 Å². The second-order valence-corrected chi connectivity index (χ2v) is 8.48. The molecule has 0 saturated heterocycles. The summed E-state index contributed by atoms with van der Waals surface area (Å²) in [5.74, 6) is 0.881. The van der Waals surface area contributed by atoms with Gasteiger partial charge < -0.3 is 0 Å². The summed E-state index contributed by atoms with van der Waals surface area (Å²) < 4.78 is 2.13. The van der Waals surface area contributed by atoms with Gasteiger partial charge in [-0.05, 0) is 6.42 Å². The first kappa shape index (κ1) is 23.2. The summed E-state index contributed by atoms with van der Waals surface area (Å²) in [4.78, 5) is 11.9. The van der Waals surface area contributed by atoms with E-state index in [-0.39, 0.29) is 0 Å². The summed E-state index contributed by atoms with van der Waals surface area (Å²) >= 11 is 1.50. The molecular formula is C23H40NOS+. The molecule has 1 aromatic rings. The maximum Gasteiger partial charge on any atom is 0.189 e. The molecule has 26 heavy (non-hydrogen) atoms. The number of pyridine rings is 1. The number of nitrogens with zero attached hydrogens (tertiary/aromatic N) is 1. The van der Waals surface area contributed by atoms with Crippen molar-refractivity contribution in [2.24, 2.45) is 0 Å². The van der Waals surface area contributed by atoms with Crippen molar-refractivity contribution in [3.8, 4) is 0 Å². The first-order chi connectivity index (χ1) is 12.8. The van der Waals surface area contributed by atoms with Gasteiger partial charge >= 0.3 is 0 Å². The molecule has 148 valence electrons. The summed E-state index contributed by atoms with van der Waals surface area (Å²) in [7, 11) is 0. The fraction of sp³-hybridized carbons (Fsp3) is 0.739. The lowest BCUT2D eigenvalue weighted by Crippen LogP contribution is -2.33. The van der Waals surface area contributed by atoms with Crippen LogP contribution < -0.4 is 4.57 Å². The Morgan fingerprint density at radius 1 is 0.731 bits per heavy atom. The first-order valence-electron chi connectivity index (χ1n) is 10.9.